The minimum absolute atomic E-state index is 0.123. The molecule has 1 aliphatic carbocycles. The van der Waals surface area contributed by atoms with E-state index < -0.39 is 17.5 Å². The highest BCUT2D eigenvalue weighted by Crippen LogP contribution is 2.43. The van der Waals surface area contributed by atoms with Crippen LogP contribution in [0.25, 0.3) is 5.69 Å². The van der Waals surface area contributed by atoms with Gasteiger partial charge in [-0.3, -0.25) is 4.79 Å². The Morgan fingerprint density at radius 3 is 2.61 bits per heavy atom. The lowest BCUT2D eigenvalue weighted by molar-refractivity contribution is 0.0719. The predicted molar refractivity (Wildman–Crippen MR) is 134 cm³/mol. The van der Waals surface area contributed by atoms with E-state index in [0.717, 1.165) is 24.9 Å². The molecule has 0 spiro atoms. The van der Waals surface area contributed by atoms with Crippen LogP contribution in [-0.4, -0.2) is 53.6 Å². The fraction of sp³-hybridized carbons (Fsp3) is 0.417. The number of nitrogens with two attached hydrogens (primary N) is 1. The first-order chi connectivity index (χ1) is 17.1. The molecule has 3 aromatic rings. The highest BCUT2D eigenvalue weighted by Gasteiger charge is 2.50. The van der Waals surface area contributed by atoms with Crippen LogP contribution in [0.3, 0.4) is 0 Å². The molecule has 12 heteroatoms. The lowest BCUT2D eigenvalue weighted by Gasteiger charge is -2.52. The van der Waals surface area contributed by atoms with Gasteiger partial charge in [-0.25, -0.2) is 9.78 Å². The van der Waals surface area contributed by atoms with Crippen LogP contribution in [0.1, 0.15) is 56.8 Å². The SMILES string of the molecule is CC(C)(C)C1(NC(=O)O)CCCCC1Nc1ncc(C(N)=O)c(Nc2cccc(-n3nccn3)c2)n1. The van der Waals surface area contributed by atoms with Crippen molar-refractivity contribution >= 4 is 29.5 Å². The number of rotatable bonds is 7. The van der Waals surface area contributed by atoms with Gasteiger partial charge in [0.1, 0.15) is 11.4 Å². The Kier molecular flexibility index (Phi) is 6.77. The first kappa shape index (κ1) is 24.9. The summed E-state index contributed by atoms with van der Waals surface area (Å²) in [5.74, 6) is -0.183. The molecular formula is C24H31N9O3. The third-order valence-corrected chi connectivity index (χ3v) is 6.69. The van der Waals surface area contributed by atoms with Gasteiger partial charge in [-0.15, -0.1) is 0 Å². The Bertz CT molecular complexity index is 1240. The second kappa shape index (κ2) is 9.80. The van der Waals surface area contributed by atoms with Gasteiger partial charge >= 0.3 is 6.09 Å². The summed E-state index contributed by atoms with van der Waals surface area (Å²) >= 11 is 0. The van der Waals surface area contributed by atoms with E-state index in [0.29, 0.717) is 12.1 Å². The van der Waals surface area contributed by atoms with Crippen LogP contribution >= 0.6 is 0 Å². The molecule has 4 rings (SSSR count). The van der Waals surface area contributed by atoms with Gasteiger partial charge < -0.3 is 26.8 Å². The molecule has 0 aliphatic heterocycles. The number of nitrogens with one attached hydrogen (secondary N) is 3. The zero-order valence-corrected chi connectivity index (χ0v) is 20.5. The van der Waals surface area contributed by atoms with E-state index in [1.165, 1.54) is 11.0 Å². The number of carbonyl (C=O) groups excluding carboxylic acids is 1. The molecule has 36 heavy (non-hydrogen) atoms. The van der Waals surface area contributed by atoms with Crippen molar-refractivity contribution in [3.05, 3.63) is 48.4 Å². The molecule has 0 saturated heterocycles. The molecule has 0 bridgehead atoms. The second-order valence-electron chi connectivity index (χ2n) is 9.91. The molecule has 12 nitrogen and oxygen atoms in total. The van der Waals surface area contributed by atoms with Crippen LogP contribution in [0.15, 0.2) is 42.9 Å². The standard InChI is InChI=1S/C24H31N9O3/c1-23(2,3)24(32-22(35)36)10-5-4-9-18(24)30-21-26-14-17(19(25)34)20(31-21)29-15-7-6-8-16(13-15)33-27-11-12-28-33/h6-8,11-14,18,32H,4-5,9-10H2,1-3H3,(H2,25,34)(H,35,36)(H2,26,29,30,31). The first-order valence-electron chi connectivity index (χ1n) is 11.8. The third-order valence-electron chi connectivity index (χ3n) is 6.69. The van der Waals surface area contributed by atoms with Gasteiger partial charge in [0.2, 0.25) is 5.95 Å². The van der Waals surface area contributed by atoms with Gasteiger partial charge in [-0.05, 0) is 36.5 Å². The lowest BCUT2D eigenvalue weighted by atomic mass is 9.63. The van der Waals surface area contributed by atoms with Crippen molar-refractivity contribution in [2.75, 3.05) is 10.6 Å². The van der Waals surface area contributed by atoms with Crippen LogP contribution < -0.4 is 21.7 Å². The largest absolute Gasteiger partial charge is 0.465 e. The summed E-state index contributed by atoms with van der Waals surface area (Å²) < 4.78 is 0. The molecule has 1 aliphatic rings. The normalized spacial score (nSPS) is 19.9. The van der Waals surface area contributed by atoms with Crippen molar-refractivity contribution in [2.24, 2.45) is 11.1 Å². The predicted octanol–water partition coefficient (Wildman–Crippen LogP) is 3.31. The molecule has 2 aromatic heterocycles. The van der Waals surface area contributed by atoms with E-state index in [1.807, 2.05) is 45.0 Å². The number of primary amides is 1. The number of amides is 2. The summed E-state index contributed by atoms with van der Waals surface area (Å²) in [4.78, 5) is 34.2. The lowest BCUT2D eigenvalue weighted by Crippen LogP contribution is -2.67. The minimum Gasteiger partial charge on any atom is -0.465 e. The zero-order valence-electron chi connectivity index (χ0n) is 20.5. The smallest absolute Gasteiger partial charge is 0.405 e. The fourth-order valence-corrected chi connectivity index (χ4v) is 4.87. The van der Waals surface area contributed by atoms with Crippen molar-refractivity contribution in [2.45, 2.75) is 58.0 Å². The maximum atomic E-state index is 12.1. The summed E-state index contributed by atoms with van der Waals surface area (Å²) in [6.07, 6.45) is 6.72. The Morgan fingerprint density at radius 1 is 1.19 bits per heavy atom. The Balaban J connectivity index is 1.66. The third kappa shape index (κ3) is 5.07. The summed E-state index contributed by atoms with van der Waals surface area (Å²) in [6.45, 7) is 6.07. The van der Waals surface area contributed by atoms with Crippen LogP contribution in [0.5, 0.6) is 0 Å². The number of nitrogens with zero attached hydrogens (tertiary/aromatic N) is 5. The van der Waals surface area contributed by atoms with Gasteiger partial charge in [-0.1, -0.05) is 39.7 Å². The van der Waals surface area contributed by atoms with Crippen molar-refractivity contribution < 1.29 is 14.7 Å². The monoisotopic (exact) mass is 493 g/mol. The van der Waals surface area contributed by atoms with Crippen LogP contribution in [0.2, 0.25) is 0 Å². The summed E-state index contributed by atoms with van der Waals surface area (Å²) in [5, 5.41) is 27.2. The summed E-state index contributed by atoms with van der Waals surface area (Å²) in [5.41, 5.74) is 5.96. The highest BCUT2D eigenvalue weighted by molar-refractivity contribution is 5.98. The zero-order chi connectivity index (χ0) is 25.9. The van der Waals surface area contributed by atoms with Crippen molar-refractivity contribution in [3.8, 4) is 5.69 Å². The molecule has 2 amide bonds. The van der Waals surface area contributed by atoms with E-state index in [1.54, 1.807) is 12.4 Å². The quantitative estimate of drug-likeness (QED) is 0.331. The Labute approximate surface area is 208 Å². The average Bonchev–Trinajstić information content (AvgIpc) is 3.35. The van der Waals surface area contributed by atoms with E-state index in [9.17, 15) is 14.7 Å². The summed E-state index contributed by atoms with van der Waals surface area (Å²) in [6, 6.07) is 7.03. The fourth-order valence-electron chi connectivity index (χ4n) is 4.87. The van der Waals surface area contributed by atoms with Crippen LogP contribution in [0, 0.1) is 5.41 Å². The van der Waals surface area contributed by atoms with Crippen molar-refractivity contribution in [1.29, 1.82) is 0 Å². The van der Waals surface area contributed by atoms with Gasteiger partial charge in [-0.2, -0.15) is 20.0 Å². The second-order valence-corrected chi connectivity index (χ2v) is 9.91. The molecule has 2 atom stereocenters. The number of aromatic nitrogens is 5. The maximum absolute atomic E-state index is 12.1. The molecular weight excluding hydrogens is 462 g/mol. The maximum Gasteiger partial charge on any atom is 0.405 e. The van der Waals surface area contributed by atoms with Crippen LogP contribution in [0.4, 0.5) is 22.2 Å². The molecule has 0 radical (unpaired) electrons. The minimum atomic E-state index is -1.07. The van der Waals surface area contributed by atoms with Crippen LogP contribution in [-0.2, 0) is 0 Å². The Morgan fingerprint density at radius 2 is 1.94 bits per heavy atom. The number of carbonyl (C=O) groups is 2. The summed E-state index contributed by atoms with van der Waals surface area (Å²) in [7, 11) is 0. The molecule has 1 aromatic carbocycles. The average molecular weight is 494 g/mol. The van der Waals surface area contributed by atoms with Gasteiger partial charge in [0.25, 0.3) is 5.91 Å². The first-order valence-corrected chi connectivity index (χ1v) is 11.8. The van der Waals surface area contributed by atoms with Crippen molar-refractivity contribution in [3.63, 3.8) is 0 Å². The molecule has 2 heterocycles. The topological polar surface area (TPSA) is 173 Å². The number of hydrogen-bond acceptors (Lipinski definition) is 8. The highest BCUT2D eigenvalue weighted by atomic mass is 16.4. The number of anilines is 3. The number of carboxylic acid groups (broad SMARTS) is 1. The molecule has 2 unspecified atom stereocenters. The Hall–Kier alpha value is -4.22. The molecule has 190 valence electrons. The van der Waals surface area contributed by atoms with Crippen molar-refractivity contribution in [1.82, 2.24) is 30.3 Å². The van der Waals surface area contributed by atoms with E-state index >= 15 is 0 Å². The number of hydrogen-bond donors (Lipinski definition) is 5. The van der Waals surface area contributed by atoms with Gasteiger partial charge in [0, 0.05) is 11.9 Å². The van der Waals surface area contributed by atoms with Gasteiger partial charge in [0.15, 0.2) is 0 Å². The van der Waals surface area contributed by atoms with E-state index in [4.69, 9.17) is 5.73 Å². The van der Waals surface area contributed by atoms with Gasteiger partial charge in [0.05, 0.1) is 29.7 Å². The van der Waals surface area contributed by atoms with E-state index in [-0.39, 0.29) is 28.8 Å². The van der Waals surface area contributed by atoms with E-state index in [2.05, 4.69) is 36.1 Å². The molecule has 1 saturated carbocycles. The molecule has 6 N–H and O–H groups in total. The molecule has 1 fully saturated rings. The number of benzene rings is 1.